The lowest BCUT2D eigenvalue weighted by Crippen LogP contribution is -2.24. The summed E-state index contributed by atoms with van der Waals surface area (Å²) in [6, 6.07) is 20.7. The molecule has 1 heterocycles. The number of nitrogens with zero attached hydrogens (tertiary/aromatic N) is 6. The van der Waals surface area contributed by atoms with Crippen LogP contribution < -0.4 is 4.90 Å². The molecule has 4 rings (SSSR count). The second-order valence-electron chi connectivity index (χ2n) is 7.99. The molecule has 0 radical (unpaired) electrons. The Morgan fingerprint density at radius 3 is 2.29 bits per heavy atom. The molecule has 0 aliphatic rings. The van der Waals surface area contributed by atoms with Crippen molar-refractivity contribution >= 4 is 49.4 Å². The first-order valence-corrected chi connectivity index (χ1v) is 12.4. The van der Waals surface area contributed by atoms with Crippen LogP contribution in [0.5, 0.6) is 0 Å². The van der Waals surface area contributed by atoms with Gasteiger partial charge in [0.25, 0.3) is 0 Å². The quantitative estimate of drug-likeness (QED) is 0.176. The lowest BCUT2D eigenvalue weighted by atomic mass is 10.1. The number of thiazole rings is 1. The van der Waals surface area contributed by atoms with E-state index in [2.05, 4.69) is 44.2 Å². The molecule has 8 nitrogen and oxygen atoms in total. The number of hydrogen-bond acceptors (Lipinski definition) is 9. The van der Waals surface area contributed by atoms with Crippen molar-refractivity contribution in [3.63, 3.8) is 0 Å². The van der Waals surface area contributed by atoms with E-state index in [9.17, 15) is 10.2 Å². The largest absolute Gasteiger partial charge is 0.372 e. The van der Waals surface area contributed by atoms with Gasteiger partial charge in [0.1, 0.15) is 0 Å². The maximum Gasteiger partial charge on any atom is 0.231 e. The van der Waals surface area contributed by atoms with E-state index in [1.54, 1.807) is 12.1 Å². The highest BCUT2D eigenvalue weighted by atomic mass is 32.1. The van der Waals surface area contributed by atoms with E-state index < -0.39 is 6.29 Å². The van der Waals surface area contributed by atoms with Crippen LogP contribution in [0, 0.1) is 0 Å². The number of hydrogen-bond donors (Lipinski definition) is 2. The van der Waals surface area contributed by atoms with Gasteiger partial charge in [-0.3, -0.25) is 0 Å². The molecule has 0 amide bonds. The molecule has 9 heteroatoms. The fraction of sp³-hybridized carbons (Fsp3) is 0.269. The second-order valence-corrected chi connectivity index (χ2v) is 9.00. The van der Waals surface area contributed by atoms with Gasteiger partial charge in [-0.05, 0) is 61.4 Å². The highest BCUT2D eigenvalue weighted by Crippen LogP contribution is 2.34. The Kier molecular flexibility index (Phi) is 8.25. The standard InChI is InChI=1S/C26H28N6O2S/c1-3-14-32(15-4-2)20-11-13-22(21(17-20)25(33)34)30-31-26-27-23-12-10-19(16-24(23)35-26)29-28-18-8-6-5-7-9-18/h5-13,16-17,25,33-34H,3-4,14-15H2,1-2H3. The summed E-state index contributed by atoms with van der Waals surface area (Å²) in [6.07, 6.45) is 0.360. The van der Waals surface area contributed by atoms with E-state index in [0.717, 1.165) is 53.2 Å². The van der Waals surface area contributed by atoms with Crippen LogP contribution in [-0.2, 0) is 0 Å². The Hall–Kier alpha value is -3.53. The number of aliphatic hydroxyl groups excluding tert-OH is 1. The first-order valence-electron chi connectivity index (χ1n) is 11.6. The number of rotatable bonds is 10. The fourth-order valence-corrected chi connectivity index (χ4v) is 4.48. The van der Waals surface area contributed by atoms with Gasteiger partial charge in [-0.2, -0.15) is 10.2 Å². The van der Waals surface area contributed by atoms with Crippen molar-refractivity contribution in [2.75, 3.05) is 18.0 Å². The molecule has 180 valence electrons. The predicted molar refractivity (Wildman–Crippen MR) is 141 cm³/mol. The summed E-state index contributed by atoms with van der Waals surface area (Å²) >= 11 is 1.38. The molecule has 0 atom stereocenters. The van der Waals surface area contributed by atoms with Gasteiger partial charge in [-0.25, -0.2) is 4.98 Å². The predicted octanol–water partition coefficient (Wildman–Crippen LogP) is 7.74. The van der Waals surface area contributed by atoms with E-state index in [4.69, 9.17) is 0 Å². The zero-order valence-electron chi connectivity index (χ0n) is 19.7. The van der Waals surface area contributed by atoms with Gasteiger partial charge in [0.15, 0.2) is 6.29 Å². The summed E-state index contributed by atoms with van der Waals surface area (Å²) in [5.41, 5.74) is 3.94. The lowest BCUT2D eigenvalue weighted by Gasteiger charge is -2.25. The van der Waals surface area contributed by atoms with Crippen LogP contribution in [0.2, 0.25) is 0 Å². The summed E-state index contributed by atoms with van der Waals surface area (Å²) in [4.78, 5) is 6.74. The Morgan fingerprint density at radius 2 is 1.57 bits per heavy atom. The third kappa shape index (κ3) is 6.33. The molecule has 0 saturated heterocycles. The molecule has 1 aromatic heterocycles. The van der Waals surface area contributed by atoms with Crippen LogP contribution in [0.4, 0.5) is 27.9 Å². The molecule has 0 spiro atoms. The Morgan fingerprint density at radius 1 is 0.829 bits per heavy atom. The van der Waals surface area contributed by atoms with Crippen LogP contribution in [0.3, 0.4) is 0 Å². The molecule has 0 saturated carbocycles. The zero-order chi connectivity index (χ0) is 24.6. The molecule has 0 fully saturated rings. The first-order chi connectivity index (χ1) is 17.1. The summed E-state index contributed by atoms with van der Waals surface area (Å²) in [6.45, 7) is 6.04. The minimum Gasteiger partial charge on any atom is -0.372 e. The number of anilines is 1. The molecule has 0 unspecified atom stereocenters. The molecule has 4 aromatic rings. The van der Waals surface area contributed by atoms with Gasteiger partial charge in [0, 0.05) is 24.3 Å². The van der Waals surface area contributed by atoms with Gasteiger partial charge < -0.3 is 15.1 Å². The molecule has 0 aliphatic carbocycles. The molecular weight excluding hydrogens is 460 g/mol. The van der Waals surface area contributed by atoms with Gasteiger partial charge in [0.2, 0.25) is 5.13 Å². The number of azo groups is 2. The van der Waals surface area contributed by atoms with Gasteiger partial charge >= 0.3 is 0 Å². The molecule has 2 N–H and O–H groups in total. The third-order valence-electron chi connectivity index (χ3n) is 5.28. The summed E-state index contributed by atoms with van der Waals surface area (Å²) in [5.74, 6) is 0. The highest BCUT2D eigenvalue weighted by molar-refractivity contribution is 7.21. The van der Waals surface area contributed by atoms with Crippen molar-refractivity contribution in [2.24, 2.45) is 20.5 Å². The zero-order valence-corrected chi connectivity index (χ0v) is 20.6. The molecular formula is C26H28N6O2S. The Labute approximate surface area is 208 Å². The molecule has 35 heavy (non-hydrogen) atoms. The fourth-order valence-electron chi connectivity index (χ4n) is 3.66. The maximum absolute atomic E-state index is 9.95. The minimum absolute atomic E-state index is 0.313. The highest BCUT2D eigenvalue weighted by Gasteiger charge is 2.14. The van der Waals surface area contributed by atoms with Crippen LogP contribution in [0.25, 0.3) is 10.2 Å². The van der Waals surface area contributed by atoms with Gasteiger partial charge in [0.05, 0.1) is 27.3 Å². The lowest BCUT2D eigenvalue weighted by molar-refractivity contribution is -0.0419. The van der Waals surface area contributed by atoms with Crippen molar-refractivity contribution in [3.05, 3.63) is 72.3 Å². The van der Waals surface area contributed by atoms with Crippen molar-refractivity contribution < 1.29 is 10.2 Å². The average molecular weight is 489 g/mol. The van der Waals surface area contributed by atoms with Crippen molar-refractivity contribution in [1.82, 2.24) is 4.98 Å². The molecule has 3 aromatic carbocycles. The Bertz CT molecular complexity index is 1310. The summed E-state index contributed by atoms with van der Waals surface area (Å²) in [5, 5.41) is 37.5. The normalized spacial score (nSPS) is 11.9. The monoisotopic (exact) mass is 488 g/mol. The number of aromatic nitrogens is 1. The van der Waals surface area contributed by atoms with Crippen LogP contribution in [-0.4, -0.2) is 28.3 Å². The first kappa shape index (κ1) is 24.6. The Balaban J connectivity index is 1.56. The van der Waals surface area contributed by atoms with Gasteiger partial charge in [-0.15, -0.1) is 10.2 Å². The van der Waals surface area contributed by atoms with E-state index in [1.807, 2.05) is 54.6 Å². The second kappa shape index (κ2) is 11.7. The van der Waals surface area contributed by atoms with Crippen molar-refractivity contribution in [3.8, 4) is 0 Å². The SMILES string of the molecule is CCCN(CCC)c1ccc(N=Nc2nc3ccc(N=Nc4ccccc4)cc3s2)c(C(O)O)c1. The minimum atomic E-state index is -1.65. The smallest absolute Gasteiger partial charge is 0.231 e. The van der Waals surface area contributed by atoms with Crippen LogP contribution in [0.1, 0.15) is 38.5 Å². The summed E-state index contributed by atoms with van der Waals surface area (Å²) < 4.78 is 0.913. The van der Waals surface area contributed by atoms with E-state index >= 15 is 0 Å². The maximum atomic E-state index is 9.95. The van der Waals surface area contributed by atoms with Crippen molar-refractivity contribution in [2.45, 2.75) is 33.0 Å². The summed E-state index contributed by atoms with van der Waals surface area (Å²) in [7, 11) is 0. The van der Waals surface area contributed by atoms with Crippen molar-refractivity contribution in [1.29, 1.82) is 0 Å². The van der Waals surface area contributed by atoms with Crippen LogP contribution in [0.15, 0.2) is 87.2 Å². The van der Waals surface area contributed by atoms with Crippen LogP contribution >= 0.6 is 11.3 Å². The molecule has 0 aliphatic heterocycles. The number of fused-ring (bicyclic) bond motifs is 1. The number of aliphatic hydroxyl groups is 2. The van der Waals surface area contributed by atoms with E-state index in [1.165, 1.54) is 11.3 Å². The van der Waals surface area contributed by atoms with Gasteiger partial charge in [-0.1, -0.05) is 43.4 Å². The average Bonchev–Trinajstić information content (AvgIpc) is 3.29. The number of benzene rings is 3. The third-order valence-corrected chi connectivity index (χ3v) is 6.19. The van der Waals surface area contributed by atoms with E-state index in [0.29, 0.717) is 16.4 Å². The molecule has 0 bridgehead atoms. The topological polar surface area (TPSA) is 106 Å². The van der Waals surface area contributed by atoms with E-state index in [-0.39, 0.29) is 0 Å².